The van der Waals surface area contributed by atoms with Crippen LogP contribution in [0.25, 0.3) is 0 Å². The summed E-state index contributed by atoms with van der Waals surface area (Å²) in [4.78, 5) is 22.2. The lowest BCUT2D eigenvalue weighted by Gasteiger charge is -2.14. The molecule has 1 rings (SSSR count). The molecule has 1 atom stereocenters. The fourth-order valence-corrected chi connectivity index (χ4v) is 1.97. The minimum atomic E-state index is -0.497. The molecule has 0 unspecified atom stereocenters. The van der Waals surface area contributed by atoms with E-state index in [0.717, 1.165) is 19.3 Å². The predicted octanol–water partition coefficient (Wildman–Crippen LogP) is 3.54. The van der Waals surface area contributed by atoms with E-state index in [4.69, 9.17) is 0 Å². The quantitative estimate of drug-likeness (QED) is 0.612. The monoisotopic (exact) mass is 278 g/mol. The van der Waals surface area contributed by atoms with Gasteiger partial charge >= 0.3 is 0 Å². The third-order valence-electron chi connectivity index (χ3n) is 3.12. The van der Waals surface area contributed by atoms with Gasteiger partial charge < -0.3 is 5.32 Å². The lowest BCUT2D eigenvalue weighted by atomic mass is 10.0. The van der Waals surface area contributed by atoms with E-state index in [-0.39, 0.29) is 17.6 Å². The number of amides is 1. The summed E-state index contributed by atoms with van der Waals surface area (Å²) in [5, 5.41) is 13.6. The molecule has 20 heavy (non-hydrogen) atoms. The molecule has 0 heterocycles. The summed E-state index contributed by atoms with van der Waals surface area (Å²) in [5.41, 5.74) is 0.264. The molecule has 1 aromatic rings. The average molecular weight is 278 g/mol. The standard InChI is InChI=1S/C15H22N2O3/c1-11(2)6-4-7-12(3)16-15(18)13-8-5-9-14(10-13)17(19)20/h5,8-12H,4,6-7H2,1-3H3,(H,16,18)/t12-/m1/s1. The molecule has 0 aliphatic carbocycles. The van der Waals surface area contributed by atoms with E-state index in [9.17, 15) is 14.9 Å². The predicted molar refractivity (Wildman–Crippen MR) is 78.7 cm³/mol. The van der Waals surface area contributed by atoms with Crippen molar-refractivity contribution in [3.63, 3.8) is 0 Å². The van der Waals surface area contributed by atoms with Crippen molar-refractivity contribution in [2.45, 2.75) is 46.1 Å². The van der Waals surface area contributed by atoms with Gasteiger partial charge in [0.25, 0.3) is 11.6 Å². The molecule has 110 valence electrons. The van der Waals surface area contributed by atoms with Crippen LogP contribution in [-0.2, 0) is 0 Å². The number of hydrogen-bond acceptors (Lipinski definition) is 3. The molecule has 1 N–H and O–H groups in total. The van der Waals surface area contributed by atoms with Crippen LogP contribution in [0, 0.1) is 16.0 Å². The maximum Gasteiger partial charge on any atom is 0.270 e. The number of carbonyl (C=O) groups excluding carboxylic acids is 1. The molecule has 0 saturated carbocycles. The number of nitrogens with zero attached hydrogens (tertiary/aromatic N) is 1. The van der Waals surface area contributed by atoms with Crippen LogP contribution in [0.3, 0.4) is 0 Å². The first-order valence-corrected chi connectivity index (χ1v) is 6.95. The van der Waals surface area contributed by atoms with Gasteiger partial charge in [0.05, 0.1) is 4.92 Å². The molecule has 0 fully saturated rings. The second kappa shape index (κ2) is 7.62. The van der Waals surface area contributed by atoms with E-state index in [1.165, 1.54) is 18.2 Å². The number of carbonyl (C=O) groups is 1. The number of non-ortho nitro benzene ring substituents is 1. The van der Waals surface area contributed by atoms with E-state index in [0.29, 0.717) is 11.5 Å². The summed E-state index contributed by atoms with van der Waals surface area (Å²) in [6, 6.07) is 5.86. The maximum atomic E-state index is 12.0. The SMILES string of the molecule is CC(C)CCC[C@@H](C)NC(=O)c1cccc([N+](=O)[O-])c1. The number of nitrogens with one attached hydrogen (secondary N) is 1. The normalized spacial score (nSPS) is 12.2. The van der Waals surface area contributed by atoms with E-state index >= 15 is 0 Å². The van der Waals surface area contributed by atoms with Gasteiger partial charge in [-0.2, -0.15) is 0 Å². The van der Waals surface area contributed by atoms with Crippen LogP contribution in [0.4, 0.5) is 5.69 Å². The molecule has 0 aromatic heterocycles. The van der Waals surface area contributed by atoms with Crippen molar-refractivity contribution in [3.05, 3.63) is 39.9 Å². The van der Waals surface area contributed by atoms with Crippen LogP contribution in [0.2, 0.25) is 0 Å². The largest absolute Gasteiger partial charge is 0.350 e. The van der Waals surface area contributed by atoms with Crippen molar-refractivity contribution >= 4 is 11.6 Å². The first-order valence-electron chi connectivity index (χ1n) is 6.95. The summed E-state index contributed by atoms with van der Waals surface area (Å²) in [6.45, 7) is 6.30. The molecular formula is C15H22N2O3. The third kappa shape index (κ3) is 5.38. The molecule has 0 saturated heterocycles. The minimum Gasteiger partial charge on any atom is -0.350 e. The van der Waals surface area contributed by atoms with Crippen LogP contribution in [0.15, 0.2) is 24.3 Å². The van der Waals surface area contributed by atoms with Gasteiger partial charge in [0, 0.05) is 23.7 Å². The summed E-state index contributed by atoms with van der Waals surface area (Å²) < 4.78 is 0. The van der Waals surface area contributed by atoms with Crippen LogP contribution in [0.5, 0.6) is 0 Å². The zero-order valence-electron chi connectivity index (χ0n) is 12.3. The zero-order chi connectivity index (χ0) is 15.1. The van der Waals surface area contributed by atoms with Crippen molar-refractivity contribution < 1.29 is 9.72 Å². The Labute approximate surface area is 119 Å². The average Bonchev–Trinajstić information content (AvgIpc) is 2.38. The van der Waals surface area contributed by atoms with Gasteiger partial charge in [-0.05, 0) is 25.3 Å². The molecule has 1 aromatic carbocycles. The highest BCUT2D eigenvalue weighted by atomic mass is 16.6. The van der Waals surface area contributed by atoms with Gasteiger partial charge in [0.2, 0.25) is 0 Å². The Hall–Kier alpha value is -1.91. The Morgan fingerprint density at radius 2 is 2.00 bits per heavy atom. The van der Waals surface area contributed by atoms with Crippen LogP contribution in [-0.4, -0.2) is 16.9 Å². The number of hydrogen-bond donors (Lipinski definition) is 1. The Balaban J connectivity index is 2.53. The van der Waals surface area contributed by atoms with Crippen molar-refractivity contribution in [1.82, 2.24) is 5.32 Å². The van der Waals surface area contributed by atoms with E-state index in [2.05, 4.69) is 19.2 Å². The zero-order valence-corrected chi connectivity index (χ0v) is 12.3. The van der Waals surface area contributed by atoms with E-state index in [1.807, 2.05) is 6.92 Å². The van der Waals surface area contributed by atoms with Crippen LogP contribution < -0.4 is 5.32 Å². The van der Waals surface area contributed by atoms with Gasteiger partial charge in [-0.25, -0.2) is 0 Å². The van der Waals surface area contributed by atoms with Crippen molar-refractivity contribution in [2.24, 2.45) is 5.92 Å². The first kappa shape index (κ1) is 16.1. The molecule has 0 spiro atoms. The molecular weight excluding hydrogens is 256 g/mol. The van der Waals surface area contributed by atoms with E-state index in [1.54, 1.807) is 6.07 Å². The third-order valence-corrected chi connectivity index (χ3v) is 3.12. The molecule has 5 heteroatoms. The second-order valence-electron chi connectivity index (χ2n) is 5.51. The summed E-state index contributed by atoms with van der Waals surface area (Å²) in [5.74, 6) is 0.403. The molecule has 0 aliphatic rings. The van der Waals surface area contributed by atoms with Crippen molar-refractivity contribution in [3.8, 4) is 0 Å². The van der Waals surface area contributed by atoms with Crippen LogP contribution >= 0.6 is 0 Å². The molecule has 5 nitrogen and oxygen atoms in total. The fourth-order valence-electron chi connectivity index (χ4n) is 1.97. The number of nitro groups is 1. The molecule has 1 amide bonds. The fraction of sp³-hybridized carbons (Fsp3) is 0.533. The summed E-state index contributed by atoms with van der Waals surface area (Å²) in [7, 11) is 0. The number of rotatable bonds is 7. The highest BCUT2D eigenvalue weighted by Crippen LogP contribution is 2.14. The lowest BCUT2D eigenvalue weighted by Crippen LogP contribution is -2.32. The topological polar surface area (TPSA) is 72.2 Å². The Bertz CT molecular complexity index is 472. The smallest absolute Gasteiger partial charge is 0.270 e. The highest BCUT2D eigenvalue weighted by Gasteiger charge is 2.13. The first-order chi connectivity index (χ1) is 9.40. The lowest BCUT2D eigenvalue weighted by molar-refractivity contribution is -0.384. The highest BCUT2D eigenvalue weighted by molar-refractivity contribution is 5.94. The Morgan fingerprint density at radius 1 is 1.30 bits per heavy atom. The van der Waals surface area contributed by atoms with Crippen molar-refractivity contribution in [2.75, 3.05) is 0 Å². The molecule has 0 aliphatic heterocycles. The van der Waals surface area contributed by atoms with Gasteiger partial charge in [0.1, 0.15) is 0 Å². The van der Waals surface area contributed by atoms with Gasteiger partial charge in [-0.3, -0.25) is 14.9 Å². The Morgan fingerprint density at radius 3 is 2.60 bits per heavy atom. The number of nitro benzene ring substituents is 1. The second-order valence-corrected chi connectivity index (χ2v) is 5.51. The summed E-state index contributed by atoms with van der Waals surface area (Å²) >= 11 is 0. The van der Waals surface area contributed by atoms with E-state index < -0.39 is 4.92 Å². The van der Waals surface area contributed by atoms with Crippen LogP contribution in [0.1, 0.15) is 50.4 Å². The number of benzene rings is 1. The molecule has 0 radical (unpaired) electrons. The minimum absolute atomic E-state index is 0.0647. The van der Waals surface area contributed by atoms with Crippen molar-refractivity contribution in [1.29, 1.82) is 0 Å². The molecule has 0 bridgehead atoms. The maximum absolute atomic E-state index is 12.0. The van der Waals surface area contributed by atoms with Gasteiger partial charge in [-0.15, -0.1) is 0 Å². The van der Waals surface area contributed by atoms with Gasteiger partial charge in [-0.1, -0.05) is 32.8 Å². The van der Waals surface area contributed by atoms with Gasteiger partial charge in [0.15, 0.2) is 0 Å². The summed E-state index contributed by atoms with van der Waals surface area (Å²) in [6.07, 6.45) is 3.11. The Kier molecular flexibility index (Phi) is 6.15.